The zero-order valence-electron chi connectivity index (χ0n) is 11.8. The summed E-state index contributed by atoms with van der Waals surface area (Å²) in [5.74, 6) is 0. The lowest BCUT2D eigenvalue weighted by atomic mass is 10.2. The Morgan fingerprint density at radius 3 is 1.88 bits per heavy atom. The van der Waals surface area contributed by atoms with Gasteiger partial charge in [0.15, 0.2) is 0 Å². The van der Waals surface area contributed by atoms with Crippen LogP contribution in [-0.2, 0) is 0 Å². The van der Waals surface area contributed by atoms with E-state index in [0.717, 1.165) is 0 Å². The molecule has 3 nitrogen and oxygen atoms in total. The van der Waals surface area contributed by atoms with E-state index in [1.165, 1.54) is 51.7 Å². The average Bonchev–Trinajstić information content (AvgIpc) is 2.74. The first-order valence-electron chi connectivity index (χ1n) is 6.09. The van der Waals surface area contributed by atoms with Gasteiger partial charge in [0.25, 0.3) is 0 Å². The number of unbranched alkanes of at least 4 members (excludes halogenated alkanes) is 2. The van der Waals surface area contributed by atoms with Crippen LogP contribution in [0.25, 0.3) is 0 Å². The average molecular weight is 251 g/mol. The van der Waals surface area contributed by atoms with Crippen molar-refractivity contribution in [2.75, 3.05) is 40.0 Å². The molecule has 0 spiro atoms. The molecule has 102 valence electrons. The summed E-state index contributed by atoms with van der Waals surface area (Å²) in [6, 6.07) is 0. The highest BCUT2D eigenvalue weighted by molar-refractivity contribution is 7.79. The zero-order chi connectivity index (χ0) is 11.9. The minimum Gasteiger partial charge on any atom is -0.344 e. The Kier molecular flexibility index (Phi) is 27.7. The van der Waals surface area contributed by atoms with Crippen LogP contribution in [0.5, 0.6) is 0 Å². The van der Waals surface area contributed by atoms with Crippen LogP contribution in [0.3, 0.4) is 0 Å². The highest BCUT2D eigenvalue weighted by Gasteiger charge is 2.03. The lowest BCUT2D eigenvalue weighted by Gasteiger charge is -2.01. The summed E-state index contributed by atoms with van der Waals surface area (Å²) < 4.78 is 0. The molecule has 0 aromatic carbocycles. The molecule has 1 fully saturated rings. The fourth-order valence-electron chi connectivity index (χ4n) is 1.43. The van der Waals surface area contributed by atoms with Gasteiger partial charge in [-0.05, 0) is 59.2 Å². The van der Waals surface area contributed by atoms with E-state index in [0.29, 0.717) is 0 Å². The Morgan fingerprint density at radius 2 is 1.62 bits per heavy atom. The second-order valence-corrected chi connectivity index (χ2v) is 3.82. The van der Waals surface area contributed by atoms with Crippen LogP contribution in [0.4, 0.5) is 0 Å². The number of rotatable bonds is 4. The maximum atomic E-state index is 3.53. The number of thiol groups is 1. The van der Waals surface area contributed by atoms with E-state index in [4.69, 9.17) is 0 Å². The molecule has 4 heteroatoms. The molecule has 16 heavy (non-hydrogen) atoms. The third-order valence-corrected chi connectivity index (χ3v) is 2.36. The van der Waals surface area contributed by atoms with Gasteiger partial charge in [0.2, 0.25) is 0 Å². The van der Waals surface area contributed by atoms with Crippen molar-refractivity contribution in [3.05, 3.63) is 0 Å². The summed E-state index contributed by atoms with van der Waals surface area (Å²) in [6.45, 7) is 6.03. The largest absolute Gasteiger partial charge is 0.344 e. The molecule has 0 bridgehead atoms. The molecule has 0 aromatic heterocycles. The molecule has 0 amide bonds. The Morgan fingerprint density at radius 1 is 1.12 bits per heavy atom. The first kappa shape index (κ1) is 21.5. The maximum Gasteiger partial charge on any atom is -0.00213 e. The fourth-order valence-corrected chi connectivity index (χ4v) is 1.43. The SMILES string of the molecule is CCCCCNC.CN1CCCC1.CS.N. The van der Waals surface area contributed by atoms with E-state index in [1.807, 2.05) is 7.05 Å². The van der Waals surface area contributed by atoms with Gasteiger partial charge in [-0.1, -0.05) is 19.8 Å². The summed E-state index contributed by atoms with van der Waals surface area (Å²) in [6.07, 6.45) is 8.53. The van der Waals surface area contributed by atoms with Crippen LogP contribution in [0.1, 0.15) is 39.0 Å². The van der Waals surface area contributed by atoms with E-state index in [2.05, 4.69) is 36.8 Å². The molecule has 0 unspecified atom stereocenters. The number of nitrogens with one attached hydrogen (secondary N) is 1. The summed E-state index contributed by atoms with van der Waals surface area (Å²) in [7, 11) is 4.17. The van der Waals surface area contributed by atoms with Gasteiger partial charge < -0.3 is 16.4 Å². The Hall–Kier alpha value is 0.230. The van der Waals surface area contributed by atoms with E-state index in [-0.39, 0.29) is 6.15 Å². The van der Waals surface area contributed by atoms with Crippen molar-refractivity contribution in [2.45, 2.75) is 39.0 Å². The lowest BCUT2D eigenvalue weighted by Crippen LogP contribution is -2.10. The lowest BCUT2D eigenvalue weighted by molar-refractivity contribution is 0.418. The summed E-state index contributed by atoms with van der Waals surface area (Å²) in [4.78, 5) is 2.36. The second-order valence-electron chi connectivity index (χ2n) is 3.82. The maximum absolute atomic E-state index is 3.53. The first-order valence-corrected chi connectivity index (χ1v) is 6.98. The van der Waals surface area contributed by atoms with Crippen LogP contribution in [-0.4, -0.2) is 44.9 Å². The van der Waals surface area contributed by atoms with Crippen LogP contribution in [0.15, 0.2) is 0 Å². The van der Waals surface area contributed by atoms with Crippen molar-refractivity contribution in [1.82, 2.24) is 16.4 Å². The molecule has 4 N–H and O–H groups in total. The van der Waals surface area contributed by atoms with Crippen molar-refractivity contribution in [3.63, 3.8) is 0 Å². The van der Waals surface area contributed by atoms with Crippen molar-refractivity contribution < 1.29 is 0 Å². The monoisotopic (exact) mass is 251 g/mol. The van der Waals surface area contributed by atoms with Gasteiger partial charge in [-0.15, -0.1) is 0 Å². The molecular weight excluding hydrogens is 218 g/mol. The third-order valence-electron chi connectivity index (χ3n) is 2.36. The van der Waals surface area contributed by atoms with Crippen molar-refractivity contribution in [3.8, 4) is 0 Å². The molecule has 1 saturated heterocycles. The van der Waals surface area contributed by atoms with Gasteiger partial charge in [0.05, 0.1) is 0 Å². The number of nitrogens with zero attached hydrogens (tertiary/aromatic N) is 1. The smallest absolute Gasteiger partial charge is 0.00213 e. The van der Waals surface area contributed by atoms with E-state index < -0.39 is 0 Å². The van der Waals surface area contributed by atoms with Crippen LogP contribution < -0.4 is 11.5 Å². The standard InChI is InChI=1S/C6H15N.C5H11N.CH4S.H3N/c1-3-4-5-6-7-2;1-6-4-2-3-5-6;1-2;/h7H,3-6H2,1-2H3;2-5H2,1H3;2H,1H3;1H3. The van der Waals surface area contributed by atoms with Gasteiger partial charge in [-0.25, -0.2) is 0 Å². The minimum atomic E-state index is 0. The van der Waals surface area contributed by atoms with Gasteiger partial charge in [-0.2, -0.15) is 12.6 Å². The predicted molar refractivity (Wildman–Crippen MR) is 80.1 cm³/mol. The Bertz CT molecular complexity index is 92.3. The topological polar surface area (TPSA) is 50.3 Å². The normalized spacial score (nSPS) is 14.1. The van der Waals surface area contributed by atoms with Crippen LogP contribution in [0.2, 0.25) is 0 Å². The molecule has 1 aliphatic rings. The van der Waals surface area contributed by atoms with Gasteiger partial charge in [0.1, 0.15) is 0 Å². The Labute approximate surface area is 108 Å². The number of hydrogen-bond acceptors (Lipinski definition) is 4. The number of hydrogen-bond donors (Lipinski definition) is 3. The van der Waals surface area contributed by atoms with Crippen LogP contribution >= 0.6 is 12.6 Å². The van der Waals surface area contributed by atoms with Crippen molar-refractivity contribution in [1.29, 1.82) is 0 Å². The number of likely N-dealkylation sites (tertiary alicyclic amines) is 1. The second kappa shape index (κ2) is 20.6. The fraction of sp³-hybridized carbons (Fsp3) is 1.00. The minimum absolute atomic E-state index is 0. The van der Waals surface area contributed by atoms with Crippen molar-refractivity contribution in [2.24, 2.45) is 0 Å². The Balaban J connectivity index is -0.000000174. The highest BCUT2D eigenvalue weighted by atomic mass is 32.1. The third kappa shape index (κ3) is 19.7. The van der Waals surface area contributed by atoms with Gasteiger partial charge >= 0.3 is 0 Å². The summed E-state index contributed by atoms with van der Waals surface area (Å²) in [5.41, 5.74) is 0. The highest BCUT2D eigenvalue weighted by Crippen LogP contribution is 2.02. The molecular formula is C12H33N3S. The van der Waals surface area contributed by atoms with Gasteiger partial charge in [-0.3, -0.25) is 0 Å². The van der Waals surface area contributed by atoms with E-state index in [9.17, 15) is 0 Å². The molecule has 0 radical (unpaired) electrons. The molecule has 1 rings (SSSR count). The van der Waals surface area contributed by atoms with E-state index >= 15 is 0 Å². The van der Waals surface area contributed by atoms with E-state index in [1.54, 1.807) is 6.26 Å². The predicted octanol–water partition coefficient (Wildman–Crippen LogP) is 2.82. The molecule has 1 aliphatic heterocycles. The summed E-state index contributed by atoms with van der Waals surface area (Å²) >= 11 is 3.53. The molecule has 0 aromatic rings. The molecule has 0 aliphatic carbocycles. The molecule has 0 atom stereocenters. The quantitative estimate of drug-likeness (QED) is 0.532. The molecule has 1 heterocycles. The molecule has 0 saturated carbocycles. The summed E-state index contributed by atoms with van der Waals surface area (Å²) in [5, 5.41) is 3.10. The van der Waals surface area contributed by atoms with Crippen molar-refractivity contribution >= 4 is 12.6 Å². The van der Waals surface area contributed by atoms with Gasteiger partial charge in [0, 0.05) is 0 Å². The first-order chi connectivity index (χ1) is 7.31. The van der Waals surface area contributed by atoms with Crippen LogP contribution in [0, 0.1) is 0 Å². The zero-order valence-corrected chi connectivity index (χ0v) is 12.7.